The van der Waals surface area contributed by atoms with Gasteiger partial charge in [0.1, 0.15) is 0 Å². The van der Waals surface area contributed by atoms with Crippen LogP contribution in [0.2, 0.25) is 0 Å². The summed E-state index contributed by atoms with van der Waals surface area (Å²) in [7, 11) is 0. The molecule has 0 aliphatic carbocycles. The molecule has 2 heterocycles. The molecule has 1 fully saturated rings. The van der Waals surface area contributed by atoms with E-state index in [1.54, 1.807) is 0 Å². The molecule has 3 heteroatoms. The quantitative estimate of drug-likeness (QED) is 0.775. The highest BCUT2D eigenvalue weighted by molar-refractivity contribution is 5.93. The zero-order valence-corrected chi connectivity index (χ0v) is 10.3. The van der Waals surface area contributed by atoms with Crippen LogP contribution in [0.25, 0.3) is 0 Å². The number of fused-ring (bicyclic) bond motifs is 1. The lowest BCUT2D eigenvalue weighted by molar-refractivity contribution is -0.116. The molecule has 3 rings (SSSR count). The number of hydrogen-bond donors (Lipinski definition) is 2. The summed E-state index contributed by atoms with van der Waals surface area (Å²) in [6, 6.07) is 6.47. The van der Waals surface area contributed by atoms with Gasteiger partial charge in [-0.25, -0.2) is 0 Å². The molecule has 1 aromatic carbocycles. The summed E-state index contributed by atoms with van der Waals surface area (Å²) in [6.45, 7) is 5.53. The van der Waals surface area contributed by atoms with Gasteiger partial charge >= 0.3 is 0 Å². The van der Waals surface area contributed by atoms with Gasteiger partial charge in [-0.15, -0.1) is 0 Å². The molecule has 0 saturated carbocycles. The van der Waals surface area contributed by atoms with E-state index in [4.69, 9.17) is 0 Å². The molecular weight excluding hydrogens is 212 g/mol. The van der Waals surface area contributed by atoms with Gasteiger partial charge in [-0.1, -0.05) is 12.1 Å². The molecule has 0 aromatic heterocycles. The normalized spacial score (nSPS) is 25.8. The number of aryl methyl sites for hydroxylation is 1. The van der Waals surface area contributed by atoms with Crippen molar-refractivity contribution in [1.82, 2.24) is 5.32 Å². The first-order valence-electron chi connectivity index (χ1n) is 6.24. The lowest BCUT2D eigenvalue weighted by Crippen LogP contribution is -2.59. The van der Waals surface area contributed by atoms with Crippen LogP contribution in [-0.4, -0.2) is 18.0 Å². The Morgan fingerprint density at radius 1 is 1.29 bits per heavy atom. The second kappa shape index (κ2) is 3.57. The van der Waals surface area contributed by atoms with Crippen LogP contribution < -0.4 is 10.6 Å². The molecule has 0 spiro atoms. The van der Waals surface area contributed by atoms with Crippen molar-refractivity contribution in [2.75, 3.05) is 11.9 Å². The highest BCUT2D eigenvalue weighted by Crippen LogP contribution is 2.36. The molecule has 1 atom stereocenters. The number of amides is 1. The first-order valence-corrected chi connectivity index (χ1v) is 6.24. The first-order chi connectivity index (χ1) is 8.06. The van der Waals surface area contributed by atoms with Crippen LogP contribution in [0, 0.1) is 0 Å². The Bertz CT molecular complexity index is 479. The Kier molecular flexibility index (Phi) is 2.26. The SMILES string of the molecule is CC1(C)NCC1c1ccc2c(c1)CCC(=O)N2. The van der Waals surface area contributed by atoms with E-state index < -0.39 is 0 Å². The molecular formula is C14H18N2O. The fraction of sp³-hybridized carbons (Fsp3) is 0.500. The smallest absolute Gasteiger partial charge is 0.224 e. The molecule has 0 radical (unpaired) electrons. The Labute approximate surface area is 102 Å². The predicted octanol–water partition coefficient (Wildman–Crippen LogP) is 2.04. The van der Waals surface area contributed by atoms with Crippen LogP contribution >= 0.6 is 0 Å². The molecule has 3 nitrogen and oxygen atoms in total. The summed E-state index contributed by atoms with van der Waals surface area (Å²) in [6.07, 6.45) is 1.48. The molecule has 1 saturated heterocycles. The van der Waals surface area contributed by atoms with Crippen LogP contribution in [0.3, 0.4) is 0 Å². The second-order valence-electron chi connectivity index (χ2n) is 5.62. The standard InChI is InChI=1S/C14H18N2O/c1-14(2)11(8-15-14)9-3-5-12-10(7-9)4-6-13(17)16-12/h3,5,7,11,15H,4,6,8H2,1-2H3,(H,16,17). The summed E-state index contributed by atoms with van der Waals surface area (Å²) >= 11 is 0. The van der Waals surface area contributed by atoms with E-state index in [0.717, 1.165) is 18.7 Å². The number of hydrogen-bond acceptors (Lipinski definition) is 2. The van der Waals surface area contributed by atoms with Gasteiger partial charge in [0.15, 0.2) is 0 Å². The monoisotopic (exact) mass is 230 g/mol. The van der Waals surface area contributed by atoms with Gasteiger partial charge in [0, 0.05) is 30.1 Å². The van der Waals surface area contributed by atoms with Crippen LogP contribution in [0.4, 0.5) is 5.69 Å². The van der Waals surface area contributed by atoms with Crippen LogP contribution in [0.1, 0.15) is 37.3 Å². The Hall–Kier alpha value is -1.35. The lowest BCUT2D eigenvalue weighted by Gasteiger charge is -2.46. The van der Waals surface area contributed by atoms with E-state index in [9.17, 15) is 4.79 Å². The van der Waals surface area contributed by atoms with Gasteiger partial charge in [0.25, 0.3) is 0 Å². The Morgan fingerprint density at radius 2 is 2.12 bits per heavy atom. The van der Waals surface area contributed by atoms with E-state index in [1.165, 1.54) is 11.1 Å². The van der Waals surface area contributed by atoms with Crippen LogP contribution in [-0.2, 0) is 11.2 Å². The third-order valence-corrected chi connectivity index (χ3v) is 4.06. The molecule has 17 heavy (non-hydrogen) atoms. The lowest BCUT2D eigenvalue weighted by atomic mass is 9.74. The summed E-state index contributed by atoms with van der Waals surface area (Å²) in [5.41, 5.74) is 3.87. The Morgan fingerprint density at radius 3 is 2.76 bits per heavy atom. The van der Waals surface area contributed by atoms with Crippen molar-refractivity contribution in [3.63, 3.8) is 0 Å². The molecule has 2 aliphatic heterocycles. The van der Waals surface area contributed by atoms with Crippen molar-refractivity contribution < 1.29 is 4.79 Å². The fourth-order valence-electron chi connectivity index (χ4n) is 2.77. The number of carbonyl (C=O) groups is 1. The van der Waals surface area contributed by atoms with Crippen LogP contribution in [0.5, 0.6) is 0 Å². The highest BCUT2D eigenvalue weighted by atomic mass is 16.1. The third kappa shape index (κ3) is 1.75. The molecule has 2 aliphatic rings. The maximum atomic E-state index is 11.3. The van der Waals surface area contributed by atoms with Crippen molar-refractivity contribution in [2.24, 2.45) is 0 Å². The molecule has 0 bridgehead atoms. The highest BCUT2D eigenvalue weighted by Gasteiger charge is 2.39. The minimum absolute atomic E-state index is 0.135. The van der Waals surface area contributed by atoms with E-state index in [0.29, 0.717) is 12.3 Å². The zero-order valence-electron chi connectivity index (χ0n) is 10.3. The Balaban J connectivity index is 1.91. The van der Waals surface area contributed by atoms with Gasteiger partial charge in [-0.05, 0) is 37.5 Å². The molecule has 1 unspecified atom stereocenters. The third-order valence-electron chi connectivity index (χ3n) is 4.06. The predicted molar refractivity (Wildman–Crippen MR) is 68.2 cm³/mol. The number of nitrogens with one attached hydrogen (secondary N) is 2. The largest absolute Gasteiger partial charge is 0.326 e. The number of benzene rings is 1. The average Bonchev–Trinajstić information content (AvgIpc) is 2.28. The summed E-state index contributed by atoms with van der Waals surface area (Å²) < 4.78 is 0. The second-order valence-corrected chi connectivity index (χ2v) is 5.62. The molecule has 1 aromatic rings. The van der Waals surface area contributed by atoms with E-state index in [1.807, 2.05) is 0 Å². The summed E-state index contributed by atoms with van der Waals surface area (Å²) in [5, 5.41) is 6.38. The minimum atomic E-state index is 0.135. The fourth-order valence-corrected chi connectivity index (χ4v) is 2.77. The van der Waals surface area contributed by atoms with Crippen molar-refractivity contribution in [2.45, 2.75) is 38.1 Å². The maximum absolute atomic E-state index is 11.3. The zero-order chi connectivity index (χ0) is 12.0. The molecule has 2 N–H and O–H groups in total. The summed E-state index contributed by atoms with van der Waals surface area (Å²) in [4.78, 5) is 11.3. The maximum Gasteiger partial charge on any atom is 0.224 e. The minimum Gasteiger partial charge on any atom is -0.326 e. The van der Waals surface area contributed by atoms with Gasteiger partial charge < -0.3 is 10.6 Å². The summed E-state index contributed by atoms with van der Waals surface area (Å²) in [5.74, 6) is 0.723. The van der Waals surface area contributed by atoms with Crippen LogP contribution in [0.15, 0.2) is 18.2 Å². The number of carbonyl (C=O) groups excluding carboxylic acids is 1. The number of anilines is 1. The van der Waals surface area contributed by atoms with Gasteiger partial charge in [0.2, 0.25) is 5.91 Å². The van der Waals surface area contributed by atoms with E-state index in [2.05, 4.69) is 42.7 Å². The van der Waals surface area contributed by atoms with Gasteiger partial charge in [-0.2, -0.15) is 0 Å². The van der Waals surface area contributed by atoms with Gasteiger partial charge in [-0.3, -0.25) is 4.79 Å². The van der Waals surface area contributed by atoms with Crippen molar-refractivity contribution in [1.29, 1.82) is 0 Å². The topological polar surface area (TPSA) is 41.1 Å². The van der Waals surface area contributed by atoms with Crippen molar-refractivity contribution >= 4 is 11.6 Å². The van der Waals surface area contributed by atoms with E-state index in [-0.39, 0.29) is 11.4 Å². The first kappa shape index (κ1) is 10.8. The van der Waals surface area contributed by atoms with E-state index >= 15 is 0 Å². The van der Waals surface area contributed by atoms with Gasteiger partial charge in [0.05, 0.1) is 0 Å². The molecule has 1 amide bonds. The van der Waals surface area contributed by atoms with Crippen molar-refractivity contribution in [3.8, 4) is 0 Å². The average molecular weight is 230 g/mol. The number of rotatable bonds is 1. The molecule has 90 valence electrons. The van der Waals surface area contributed by atoms with Crippen molar-refractivity contribution in [3.05, 3.63) is 29.3 Å².